The summed E-state index contributed by atoms with van der Waals surface area (Å²) in [5, 5.41) is 20.9. The number of methoxy groups -OCH3 is 1. The minimum Gasteiger partial charge on any atom is -0.493 e. The number of carbonyl (C=O) groups is 1. The van der Waals surface area contributed by atoms with Crippen molar-refractivity contribution in [2.24, 2.45) is 0 Å². The minimum absolute atomic E-state index is 0.0948. The fraction of sp³-hybridized carbons (Fsp3) is 0.318. The molecule has 190 valence electrons. The number of rotatable bonds is 8. The predicted molar refractivity (Wildman–Crippen MR) is 132 cm³/mol. The molecular weight excluding hydrogens is 517 g/mol. The van der Waals surface area contributed by atoms with Crippen molar-refractivity contribution in [3.63, 3.8) is 0 Å². The Kier molecular flexibility index (Phi) is 8.32. The van der Waals surface area contributed by atoms with Crippen molar-refractivity contribution in [1.29, 1.82) is 0 Å². The average molecular weight is 539 g/mol. The van der Waals surface area contributed by atoms with Gasteiger partial charge in [0.15, 0.2) is 17.3 Å². The molecule has 10 nitrogen and oxygen atoms in total. The van der Waals surface area contributed by atoms with Gasteiger partial charge in [0.05, 0.1) is 28.4 Å². The van der Waals surface area contributed by atoms with E-state index in [0.29, 0.717) is 54.2 Å². The van der Waals surface area contributed by atoms with Crippen LogP contribution in [0.15, 0.2) is 30.6 Å². The van der Waals surface area contributed by atoms with Crippen LogP contribution in [0.2, 0.25) is 10.0 Å². The second-order valence-electron chi connectivity index (χ2n) is 7.93. The molecule has 1 aliphatic rings. The van der Waals surface area contributed by atoms with Gasteiger partial charge in [-0.2, -0.15) is 0 Å². The maximum atomic E-state index is 14.6. The molecule has 14 heteroatoms. The number of anilines is 2. The highest BCUT2D eigenvalue weighted by Gasteiger charge is 2.26. The third-order valence-electron chi connectivity index (χ3n) is 5.65. The van der Waals surface area contributed by atoms with Gasteiger partial charge in [0.2, 0.25) is 5.91 Å². The van der Waals surface area contributed by atoms with Gasteiger partial charge in [-0.3, -0.25) is 4.79 Å². The second kappa shape index (κ2) is 11.4. The van der Waals surface area contributed by atoms with Crippen LogP contribution in [0.5, 0.6) is 11.5 Å². The highest BCUT2D eigenvalue weighted by Crippen LogP contribution is 2.37. The quantitative estimate of drug-likeness (QED) is 0.292. The number of amides is 1. The SMILES string of the molecule is COc1cc2ncnc(Nc3ccc(Cl)c(Cl)c3F)c2cc1OC1CCN(C(=O)COB(O)O)CC1. The molecule has 3 aromatic rings. The van der Waals surface area contributed by atoms with Crippen LogP contribution in [0.1, 0.15) is 12.8 Å². The van der Waals surface area contributed by atoms with E-state index in [9.17, 15) is 9.18 Å². The Morgan fingerprint density at radius 2 is 1.97 bits per heavy atom. The maximum absolute atomic E-state index is 14.6. The fourth-order valence-electron chi connectivity index (χ4n) is 3.80. The first-order chi connectivity index (χ1) is 17.3. The standard InChI is InChI=1S/C22H22BCl2FN4O6/c1-34-17-9-16-13(22(28-11-27-16)29-15-3-2-14(24)20(25)21(15)26)8-18(17)36-12-4-6-30(7-5-12)19(31)10-35-23(32)33/h2-3,8-9,11-12,32-33H,4-7,10H2,1H3,(H,27,28,29). The third-order valence-corrected chi connectivity index (χ3v) is 6.43. The van der Waals surface area contributed by atoms with Crippen molar-refractivity contribution in [3.8, 4) is 11.5 Å². The number of ether oxygens (including phenoxy) is 2. The predicted octanol–water partition coefficient (Wildman–Crippen LogP) is 3.18. The van der Waals surface area contributed by atoms with Crippen LogP contribution in [-0.4, -0.2) is 71.1 Å². The number of halogens is 3. The third kappa shape index (κ3) is 5.90. The first kappa shape index (κ1) is 26.2. The smallest absolute Gasteiger partial charge is 0.493 e. The van der Waals surface area contributed by atoms with Gasteiger partial charge in [-0.05, 0) is 18.2 Å². The summed E-state index contributed by atoms with van der Waals surface area (Å²) >= 11 is 11.8. The summed E-state index contributed by atoms with van der Waals surface area (Å²) < 4.78 is 30.8. The van der Waals surface area contributed by atoms with E-state index in [1.165, 1.54) is 25.6 Å². The summed E-state index contributed by atoms with van der Waals surface area (Å²) in [4.78, 5) is 22.2. The Bertz CT molecular complexity index is 1260. The van der Waals surface area contributed by atoms with Gasteiger partial charge in [-0.15, -0.1) is 0 Å². The lowest BCUT2D eigenvalue weighted by molar-refractivity contribution is -0.136. The highest BCUT2D eigenvalue weighted by molar-refractivity contribution is 6.42. The number of aromatic nitrogens is 2. The molecule has 3 N–H and O–H groups in total. The Balaban J connectivity index is 1.53. The van der Waals surface area contributed by atoms with Crippen molar-refractivity contribution in [2.75, 3.05) is 32.1 Å². The number of piperidine rings is 1. The molecule has 0 atom stereocenters. The molecule has 1 saturated heterocycles. The molecule has 0 spiro atoms. The van der Waals surface area contributed by atoms with E-state index in [2.05, 4.69) is 19.9 Å². The molecule has 0 saturated carbocycles. The largest absolute Gasteiger partial charge is 0.634 e. The molecule has 1 aromatic heterocycles. The van der Waals surface area contributed by atoms with Crippen LogP contribution >= 0.6 is 23.2 Å². The van der Waals surface area contributed by atoms with Crippen LogP contribution in [-0.2, 0) is 9.45 Å². The molecule has 36 heavy (non-hydrogen) atoms. The second-order valence-corrected chi connectivity index (χ2v) is 8.71. The number of nitrogens with zero attached hydrogens (tertiary/aromatic N) is 3. The monoisotopic (exact) mass is 538 g/mol. The van der Waals surface area contributed by atoms with E-state index in [1.54, 1.807) is 17.0 Å². The lowest BCUT2D eigenvalue weighted by Gasteiger charge is -2.32. The zero-order chi connectivity index (χ0) is 25.8. The lowest BCUT2D eigenvalue weighted by atomic mass is 10.1. The lowest BCUT2D eigenvalue weighted by Crippen LogP contribution is -2.44. The van der Waals surface area contributed by atoms with E-state index in [4.69, 9.17) is 42.7 Å². The molecule has 4 rings (SSSR count). The van der Waals surface area contributed by atoms with E-state index in [1.807, 2.05) is 0 Å². The number of nitrogens with one attached hydrogen (secondary N) is 1. The van der Waals surface area contributed by atoms with E-state index < -0.39 is 19.7 Å². The molecule has 1 aliphatic heterocycles. The number of benzene rings is 2. The first-order valence-corrected chi connectivity index (χ1v) is 11.7. The van der Waals surface area contributed by atoms with E-state index in [0.717, 1.165) is 0 Å². The van der Waals surface area contributed by atoms with E-state index >= 15 is 0 Å². The maximum Gasteiger partial charge on any atom is 0.634 e. The van der Waals surface area contributed by atoms with Crippen molar-refractivity contribution in [2.45, 2.75) is 18.9 Å². The van der Waals surface area contributed by atoms with Crippen molar-refractivity contribution in [1.82, 2.24) is 14.9 Å². The van der Waals surface area contributed by atoms with Crippen LogP contribution in [0.3, 0.4) is 0 Å². The van der Waals surface area contributed by atoms with Crippen molar-refractivity contribution >= 4 is 58.8 Å². The van der Waals surface area contributed by atoms with Crippen LogP contribution in [0, 0.1) is 5.82 Å². The van der Waals surface area contributed by atoms with Gasteiger partial charge in [-0.1, -0.05) is 23.2 Å². The van der Waals surface area contributed by atoms with Gasteiger partial charge < -0.3 is 34.4 Å². The Morgan fingerprint density at radius 1 is 1.22 bits per heavy atom. The molecule has 0 bridgehead atoms. The molecule has 0 unspecified atom stereocenters. The average Bonchev–Trinajstić information content (AvgIpc) is 2.88. The molecule has 1 fully saturated rings. The number of carbonyl (C=O) groups excluding carboxylic acids is 1. The minimum atomic E-state index is -1.99. The van der Waals surface area contributed by atoms with Crippen LogP contribution in [0.4, 0.5) is 15.9 Å². The number of likely N-dealkylation sites (tertiary alicyclic amines) is 1. The Hall–Kier alpha value is -2.90. The van der Waals surface area contributed by atoms with Crippen LogP contribution < -0.4 is 14.8 Å². The Labute approximate surface area is 216 Å². The highest BCUT2D eigenvalue weighted by atomic mass is 35.5. The van der Waals surface area contributed by atoms with Gasteiger partial charge in [-0.25, -0.2) is 14.4 Å². The van der Waals surface area contributed by atoms with Crippen molar-refractivity contribution in [3.05, 3.63) is 46.5 Å². The number of hydrogen-bond donors (Lipinski definition) is 3. The van der Waals surface area contributed by atoms with Gasteiger partial charge in [0.25, 0.3) is 0 Å². The number of hydrogen-bond acceptors (Lipinski definition) is 9. The van der Waals surface area contributed by atoms with Gasteiger partial charge >= 0.3 is 7.32 Å². The summed E-state index contributed by atoms with van der Waals surface area (Å²) in [7, 11) is -0.484. The summed E-state index contributed by atoms with van der Waals surface area (Å²) in [6, 6.07) is 6.34. The summed E-state index contributed by atoms with van der Waals surface area (Å²) in [6.45, 7) is 0.407. The molecule has 2 aromatic carbocycles. The first-order valence-electron chi connectivity index (χ1n) is 10.9. The van der Waals surface area contributed by atoms with Gasteiger partial charge in [0, 0.05) is 37.4 Å². The zero-order valence-corrected chi connectivity index (χ0v) is 20.6. The van der Waals surface area contributed by atoms with Crippen LogP contribution in [0.25, 0.3) is 10.9 Å². The zero-order valence-electron chi connectivity index (χ0n) is 19.1. The fourth-order valence-corrected chi connectivity index (χ4v) is 4.12. The summed E-state index contributed by atoms with van der Waals surface area (Å²) in [6.07, 6.45) is 2.21. The Morgan fingerprint density at radius 3 is 2.67 bits per heavy atom. The van der Waals surface area contributed by atoms with Crippen molar-refractivity contribution < 1.29 is 33.4 Å². The topological polar surface area (TPSA) is 126 Å². The molecule has 0 aliphatic carbocycles. The normalized spacial score (nSPS) is 14.1. The van der Waals surface area contributed by atoms with E-state index in [-0.39, 0.29) is 27.7 Å². The molecule has 1 amide bonds. The molecular formula is C22H22BCl2FN4O6. The number of fused-ring (bicyclic) bond motifs is 1. The van der Waals surface area contributed by atoms with Gasteiger partial charge in [0.1, 0.15) is 24.9 Å². The summed E-state index contributed by atoms with van der Waals surface area (Å²) in [5.74, 6) is 0.176. The molecule has 0 radical (unpaired) electrons. The summed E-state index contributed by atoms with van der Waals surface area (Å²) in [5.41, 5.74) is 0.640. The molecule has 2 heterocycles.